The molecule has 374 valence electrons. The highest BCUT2D eigenvalue weighted by atomic mass is 15.0. The Bertz CT molecular complexity index is 5080. The Labute approximate surface area is 468 Å². The van der Waals surface area contributed by atoms with E-state index in [1.807, 2.05) is 0 Å². The van der Waals surface area contributed by atoms with E-state index in [4.69, 9.17) is 0 Å². The van der Waals surface area contributed by atoms with E-state index in [1.165, 1.54) is 154 Å². The van der Waals surface area contributed by atoms with Crippen LogP contribution >= 0.6 is 0 Å². The molecule has 0 bridgehead atoms. The van der Waals surface area contributed by atoms with E-state index in [0.717, 1.165) is 11.4 Å². The van der Waals surface area contributed by atoms with Gasteiger partial charge in [0.2, 0.25) is 0 Å². The number of para-hydroxylation sites is 6. The highest BCUT2D eigenvalue weighted by Gasteiger charge is 2.52. The van der Waals surface area contributed by atoms with Crippen LogP contribution in [-0.2, 0) is 5.41 Å². The monoisotopic (exact) mass is 1020 g/mol. The molecule has 2 heterocycles. The van der Waals surface area contributed by atoms with Gasteiger partial charge >= 0.3 is 0 Å². The largest absolute Gasteiger partial charge is 0.309 e. The smallest absolute Gasteiger partial charge is 0.0725 e. The van der Waals surface area contributed by atoms with Gasteiger partial charge in [0.15, 0.2) is 0 Å². The van der Waals surface area contributed by atoms with E-state index in [1.54, 1.807) is 0 Å². The third-order valence-electron chi connectivity index (χ3n) is 18.3. The number of aromatic nitrogens is 2. The molecule has 0 aliphatic heterocycles. The van der Waals surface area contributed by atoms with Crippen LogP contribution in [0, 0.1) is 0 Å². The number of fused-ring (bicyclic) bond motifs is 20. The van der Waals surface area contributed by atoms with Gasteiger partial charge in [-0.25, -0.2) is 0 Å². The topological polar surface area (TPSA) is 9.86 Å². The maximum absolute atomic E-state index is 2.54. The Hall–Kier alpha value is -10.5. The van der Waals surface area contributed by atoms with Gasteiger partial charge in [-0.3, -0.25) is 0 Å². The maximum Gasteiger partial charge on any atom is 0.0725 e. The molecule has 14 aromatic carbocycles. The Balaban J connectivity index is 1.02. The summed E-state index contributed by atoms with van der Waals surface area (Å²) < 4.78 is 4.97. The lowest BCUT2D eigenvalue weighted by atomic mass is 9.70. The second kappa shape index (κ2) is 16.7. The molecular weight excluding hydrogens is 977 g/mol. The van der Waals surface area contributed by atoms with Gasteiger partial charge in [0.25, 0.3) is 0 Å². The summed E-state index contributed by atoms with van der Waals surface area (Å²) >= 11 is 0. The van der Waals surface area contributed by atoms with Gasteiger partial charge in [-0.05, 0) is 142 Å². The van der Waals surface area contributed by atoms with Gasteiger partial charge in [-0.1, -0.05) is 249 Å². The number of rotatable bonds is 5. The molecule has 0 saturated heterocycles. The van der Waals surface area contributed by atoms with Crippen molar-refractivity contribution in [2.45, 2.75) is 5.41 Å². The lowest BCUT2D eigenvalue weighted by Gasteiger charge is -2.30. The summed E-state index contributed by atoms with van der Waals surface area (Å²) in [5, 5.41) is 12.3. The Kier molecular flexibility index (Phi) is 9.18. The molecule has 0 amide bonds. The maximum atomic E-state index is 2.54. The Morgan fingerprint density at radius 3 is 1.17 bits per heavy atom. The summed E-state index contributed by atoms with van der Waals surface area (Å²) in [5.41, 5.74) is 24.4. The van der Waals surface area contributed by atoms with Crippen molar-refractivity contribution < 1.29 is 0 Å². The van der Waals surface area contributed by atoms with Gasteiger partial charge in [-0.15, -0.1) is 0 Å². The van der Waals surface area contributed by atoms with Crippen LogP contribution in [0.25, 0.3) is 143 Å². The van der Waals surface area contributed by atoms with Crippen LogP contribution in [0.4, 0.5) is 0 Å². The predicted molar refractivity (Wildman–Crippen MR) is 340 cm³/mol. The van der Waals surface area contributed by atoms with E-state index < -0.39 is 5.41 Å². The SMILES string of the molecule is c1ccc(-n2c3ccccc3c3cccc(-c4cccc5c(-c6cccc7c6-c6c(ccc8ccccc68)C76c7ccccc7-c7ccccc76)c6cccc(-c7cccc8c9ccccc9n(-c9ccccc9)c78)c6cc45)c32)cc1. The minimum atomic E-state index is -0.532. The zero-order valence-corrected chi connectivity index (χ0v) is 44.1. The molecule has 0 atom stereocenters. The van der Waals surface area contributed by atoms with Crippen LogP contribution in [0.3, 0.4) is 0 Å². The summed E-state index contributed by atoms with van der Waals surface area (Å²) in [4.78, 5) is 0. The molecular formula is C79H48N2. The van der Waals surface area contributed by atoms with Crippen LogP contribution in [0.1, 0.15) is 22.3 Å². The highest BCUT2D eigenvalue weighted by Crippen LogP contribution is 2.65. The average molecular weight is 1030 g/mol. The number of hydrogen-bond acceptors (Lipinski definition) is 0. The zero-order valence-electron chi connectivity index (χ0n) is 44.1. The van der Waals surface area contributed by atoms with Crippen molar-refractivity contribution in [1.82, 2.24) is 9.13 Å². The quantitative estimate of drug-likeness (QED) is 0.152. The van der Waals surface area contributed by atoms with E-state index >= 15 is 0 Å². The van der Waals surface area contributed by atoms with Gasteiger partial charge < -0.3 is 9.13 Å². The first-order valence-corrected chi connectivity index (χ1v) is 28.3. The van der Waals surface area contributed by atoms with Crippen molar-refractivity contribution >= 4 is 75.9 Å². The summed E-state index contributed by atoms with van der Waals surface area (Å²) in [6.45, 7) is 0. The number of benzene rings is 14. The Morgan fingerprint density at radius 2 is 0.605 bits per heavy atom. The summed E-state index contributed by atoms with van der Waals surface area (Å²) in [6, 6.07) is 110. The normalized spacial score (nSPS) is 13.0. The molecule has 2 aliphatic rings. The second-order valence-electron chi connectivity index (χ2n) is 22.1. The third kappa shape index (κ3) is 5.90. The number of nitrogens with zero attached hydrogens (tertiary/aromatic N) is 2. The number of hydrogen-bond donors (Lipinski definition) is 0. The van der Waals surface area contributed by atoms with Crippen molar-refractivity contribution in [2.24, 2.45) is 0 Å². The first-order valence-electron chi connectivity index (χ1n) is 28.3. The average Bonchev–Trinajstić information content (AvgIpc) is 4.44. The third-order valence-corrected chi connectivity index (χ3v) is 18.3. The van der Waals surface area contributed by atoms with E-state index in [0.29, 0.717) is 0 Å². The van der Waals surface area contributed by atoms with Crippen molar-refractivity contribution in [3.05, 3.63) is 313 Å². The predicted octanol–water partition coefficient (Wildman–Crippen LogP) is 20.7. The molecule has 0 N–H and O–H groups in total. The van der Waals surface area contributed by atoms with Gasteiger partial charge in [0, 0.05) is 44.0 Å². The van der Waals surface area contributed by atoms with Gasteiger partial charge in [-0.2, -0.15) is 0 Å². The molecule has 2 aromatic heterocycles. The first kappa shape index (κ1) is 44.4. The molecule has 2 aliphatic carbocycles. The summed E-state index contributed by atoms with van der Waals surface area (Å²) in [5.74, 6) is 0. The Morgan fingerprint density at radius 1 is 0.210 bits per heavy atom. The van der Waals surface area contributed by atoms with Crippen molar-refractivity contribution in [1.29, 1.82) is 0 Å². The van der Waals surface area contributed by atoms with Crippen LogP contribution < -0.4 is 0 Å². The molecule has 0 radical (unpaired) electrons. The van der Waals surface area contributed by atoms with Crippen LogP contribution in [-0.4, -0.2) is 9.13 Å². The zero-order chi connectivity index (χ0) is 52.9. The van der Waals surface area contributed by atoms with Crippen molar-refractivity contribution in [3.63, 3.8) is 0 Å². The van der Waals surface area contributed by atoms with Crippen LogP contribution in [0.5, 0.6) is 0 Å². The van der Waals surface area contributed by atoms with Gasteiger partial charge in [0.1, 0.15) is 0 Å². The molecule has 2 heteroatoms. The fraction of sp³-hybridized carbons (Fsp3) is 0.0127. The lowest BCUT2D eigenvalue weighted by Crippen LogP contribution is -2.25. The molecule has 2 nitrogen and oxygen atoms in total. The minimum Gasteiger partial charge on any atom is -0.309 e. The van der Waals surface area contributed by atoms with Crippen LogP contribution in [0.15, 0.2) is 291 Å². The molecule has 0 unspecified atom stereocenters. The van der Waals surface area contributed by atoms with Gasteiger partial charge in [0.05, 0.1) is 27.5 Å². The lowest BCUT2D eigenvalue weighted by molar-refractivity contribution is 0.794. The fourth-order valence-corrected chi connectivity index (χ4v) is 15.2. The van der Waals surface area contributed by atoms with Crippen molar-refractivity contribution in [2.75, 3.05) is 0 Å². The minimum absolute atomic E-state index is 0.532. The molecule has 0 fully saturated rings. The molecule has 1 spiro atoms. The van der Waals surface area contributed by atoms with Crippen molar-refractivity contribution in [3.8, 4) is 67.0 Å². The summed E-state index contributed by atoms with van der Waals surface area (Å²) in [7, 11) is 0. The molecule has 16 aromatic rings. The highest BCUT2D eigenvalue weighted by molar-refractivity contribution is 6.25. The molecule has 81 heavy (non-hydrogen) atoms. The van der Waals surface area contributed by atoms with E-state index in [-0.39, 0.29) is 0 Å². The fourth-order valence-electron chi connectivity index (χ4n) is 15.2. The summed E-state index contributed by atoms with van der Waals surface area (Å²) in [6.07, 6.45) is 0. The first-order chi connectivity index (χ1) is 40.3. The standard InChI is InChI=1S/C79H48N2/c1-3-23-50(24-4-1)80-72-44-15-11-30-57(72)63-38-19-36-61(77(63)80)53-32-17-34-59-66(53)48-67-54(62-37-20-39-64-58-31-12-16-45-73(58)81(78(62)64)51-25-5-2-6-26-51)33-18-35-60(67)74(59)65-40-21-43-70-76(65)75-52-27-8-7-22-49(52)46-47-71(75)79(70)68-41-13-9-28-55(68)56-29-10-14-42-69(56)79/h1-48H. The van der Waals surface area contributed by atoms with E-state index in [2.05, 4.69) is 300 Å². The molecule has 18 rings (SSSR count). The second-order valence-corrected chi connectivity index (χ2v) is 22.1. The van der Waals surface area contributed by atoms with E-state index in [9.17, 15) is 0 Å². The van der Waals surface area contributed by atoms with Crippen LogP contribution in [0.2, 0.25) is 0 Å². The molecule has 0 saturated carbocycles.